The average Bonchev–Trinajstić information content (AvgIpc) is 2.55. The van der Waals surface area contributed by atoms with E-state index in [1.54, 1.807) is 31.2 Å². The van der Waals surface area contributed by atoms with E-state index in [-0.39, 0.29) is 18.6 Å². The third kappa shape index (κ3) is 4.83. The molecule has 0 aliphatic rings. The van der Waals surface area contributed by atoms with Crippen LogP contribution in [0.15, 0.2) is 53.0 Å². The number of anilines is 1. The van der Waals surface area contributed by atoms with Crippen molar-refractivity contribution in [2.24, 2.45) is 0 Å². The van der Waals surface area contributed by atoms with Gasteiger partial charge >= 0.3 is 6.09 Å². The van der Waals surface area contributed by atoms with Crippen molar-refractivity contribution >= 4 is 33.6 Å². The molecule has 0 unspecified atom stereocenters. The predicted molar refractivity (Wildman–Crippen MR) is 97.1 cm³/mol. The molecule has 1 atom stereocenters. The lowest BCUT2D eigenvalue weighted by Crippen LogP contribution is -2.27. The molecule has 0 radical (unpaired) electrons. The van der Waals surface area contributed by atoms with E-state index in [2.05, 4.69) is 26.6 Å². The Bertz CT molecular complexity index is 734. The monoisotopic (exact) mass is 390 g/mol. The van der Waals surface area contributed by atoms with Gasteiger partial charge in [-0.3, -0.25) is 10.1 Å². The largest absolute Gasteiger partial charge is 0.450 e. The van der Waals surface area contributed by atoms with Gasteiger partial charge in [-0.15, -0.1) is 0 Å². The lowest BCUT2D eigenvalue weighted by molar-refractivity contribution is 0.0939. The summed E-state index contributed by atoms with van der Waals surface area (Å²) in [6.07, 6.45) is -0.545. The zero-order valence-corrected chi connectivity index (χ0v) is 15.1. The summed E-state index contributed by atoms with van der Waals surface area (Å²) >= 11 is 3.48. The highest BCUT2D eigenvalue weighted by molar-refractivity contribution is 9.10. The van der Waals surface area contributed by atoms with Gasteiger partial charge in [0.1, 0.15) is 0 Å². The van der Waals surface area contributed by atoms with Crippen molar-refractivity contribution in [1.82, 2.24) is 5.32 Å². The highest BCUT2D eigenvalue weighted by Gasteiger charge is 2.14. The van der Waals surface area contributed by atoms with Crippen LogP contribution in [-0.2, 0) is 4.74 Å². The maximum Gasteiger partial charge on any atom is 0.411 e. The Hall–Kier alpha value is -2.34. The number of hydrogen-bond donors (Lipinski definition) is 2. The number of rotatable bonds is 5. The smallest absolute Gasteiger partial charge is 0.411 e. The highest BCUT2D eigenvalue weighted by atomic mass is 79.9. The van der Waals surface area contributed by atoms with Crippen LogP contribution in [0.2, 0.25) is 0 Å². The first-order chi connectivity index (χ1) is 11.5. The first-order valence-corrected chi connectivity index (χ1v) is 8.39. The number of ether oxygens (including phenoxy) is 1. The Balaban J connectivity index is 2.07. The van der Waals surface area contributed by atoms with Gasteiger partial charge in [0.25, 0.3) is 5.91 Å². The van der Waals surface area contributed by atoms with E-state index in [9.17, 15) is 9.59 Å². The van der Waals surface area contributed by atoms with Crippen molar-refractivity contribution < 1.29 is 14.3 Å². The van der Waals surface area contributed by atoms with Gasteiger partial charge in [0.05, 0.1) is 12.6 Å². The fourth-order valence-electron chi connectivity index (χ4n) is 2.21. The first kappa shape index (κ1) is 18.0. The summed E-state index contributed by atoms with van der Waals surface area (Å²) in [6, 6.07) is 14.3. The molecular formula is C18H19BrN2O3. The van der Waals surface area contributed by atoms with Crippen molar-refractivity contribution in [3.8, 4) is 0 Å². The van der Waals surface area contributed by atoms with Gasteiger partial charge in [-0.1, -0.05) is 40.2 Å². The molecule has 0 spiro atoms. The summed E-state index contributed by atoms with van der Waals surface area (Å²) in [6.45, 7) is 3.93. The molecule has 0 aliphatic heterocycles. The molecule has 0 fully saturated rings. The van der Waals surface area contributed by atoms with Crippen LogP contribution in [0.4, 0.5) is 10.5 Å². The minimum Gasteiger partial charge on any atom is -0.450 e. The Kier molecular flexibility index (Phi) is 6.37. The lowest BCUT2D eigenvalue weighted by atomic mass is 10.1. The van der Waals surface area contributed by atoms with Gasteiger partial charge in [-0.25, -0.2) is 4.79 Å². The lowest BCUT2D eigenvalue weighted by Gasteiger charge is -2.16. The van der Waals surface area contributed by atoms with Gasteiger partial charge < -0.3 is 10.1 Å². The van der Waals surface area contributed by atoms with E-state index in [1.165, 1.54) is 0 Å². The molecule has 2 aromatic carbocycles. The van der Waals surface area contributed by atoms with Gasteiger partial charge in [-0.05, 0) is 43.7 Å². The Morgan fingerprint density at radius 3 is 2.62 bits per heavy atom. The van der Waals surface area contributed by atoms with Gasteiger partial charge in [0, 0.05) is 15.7 Å². The van der Waals surface area contributed by atoms with Crippen LogP contribution >= 0.6 is 15.9 Å². The number of nitrogens with one attached hydrogen (secondary N) is 2. The Morgan fingerprint density at radius 2 is 1.92 bits per heavy atom. The second kappa shape index (κ2) is 8.49. The SMILES string of the molecule is CCOC(=O)Nc1cccc(C(=O)N[C@H](C)c2ccccc2Br)c1. The molecule has 2 rings (SSSR count). The molecular weight excluding hydrogens is 372 g/mol. The van der Waals surface area contributed by atoms with Crippen molar-refractivity contribution in [1.29, 1.82) is 0 Å². The zero-order valence-electron chi connectivity index (χ0n) is 13.5. The second-order valence-corrected chi connectivity index (χ2v) is 6.00. The van der Waals surface area contributed by atoms with Crippen LogP contribution in [0.1, 0.15) is 35.8 Å². The summed E-state index contributed by atoms with van der Waals surface area (Å²) < 4.78 is 5.77. The third-order valence-corrected chi connectivity index (χ3v) is 4.09. The Morgan fingerprint density at radius 1 is 1.17 bits per heavy atom. The highest BCUT2D eigenvalue weighted by Crippen LogP contribution is 2.23. The van der Waals surface area contributed by atoms with E-state index in [1.807, 2.05) is 31.2 Å². The summed E-state index contributed by atoms with van der Waals surface area (Å²) in [5, 5.41) is 5.53. The third-order valence-electron chi connectivity index (χ3n) is 3.37. The van der Waals surface area contributed by atoms with Gasteiger partial charge in [0.15, 0.2) is 0 Å². The molecule has 0 bridgehead atoms. The maximum absolute atomic E-state index is 12.4. The number of halogens is 1. The molecule has 0 saturated carbocycles. The van der Waals surface area contributed by atoms with E-state index < -0.39 is 6.09 Å². The number of carbonyl (C=O) groups excluding carboxylic acids is 2. The van der Waals surface area contributed by atoms with Gasteiger partial charge in [-0.2, -0.15) is 0 Å². The maximum atomic E-state index is 12.4. The summed E-state index contributed by atoms with van der Waals surface area (Å²) in [4.78, 5) is 23.9. The zero-order chi connectivity index (χ0) is 17.5. The summed E-state index contributed by atoms with van der Waals surface area (Å²) in [7, 11) is 0. The summed E-state index contributed by atoms with van der Waals surface area (Å²) in [5.41, 5.74) is 1.96. The van der Waals surface area contributed by atoms with Crippen LogP contribution in [0.25, 0.3) is 0 Å². The molecule has 6 heteroatoms. The molecule has 2 aromatic rings. The van der Waals surface area contributed by atoms with Crippen LogP contribution in [0.5, 0.6) is 0 Å². The minimum absolute atomic E-state index is 0.158. The number of benzene rings is 2. The topological polar surface area (TPSA) is 67.4 Å². The fraction of sp³-hybridized carbons (Fsp3) is 0.222. The predicted octanol–water partition coefficient (Wildman–Crippen LogP) is 4.51. The van der Waals surface area contributed by atoms with Crippen molar-refractivity contribution in [2.45, 2.75) is 19.9 Å². The number of hydrogen-bond acceptors (Lipinski definition) is 3. The van der Waals surface area contributed by atoms with Crippen LogP contribution in [0, 0.1) is 0 Å². The molecule has 126 valence electrons. The quantitative estimate of drug-likeness (QED) is 0.788. The average molecular weight is 391 g/mol. The molecule has 0 saturated heterocycles. The second-order valence-electron chi connectivity index (χ2n) is 5.14. The molecule has 0 aromatic heterocycles. The number of carbonyl (C=O) groups is 2. The van der Waals surface area contributed by atoms with E-state index in [4.69, 9.17) is 4.74 Å². The molecule has 0 aliphatic carbocycles. The summed E-state index contributed by atoms with van der Waals surface area (Å²) in [5.74, 6) is -0.217. The molecule has 24 heavy (non-hydrogen) atoms. The van der Waals surface area contributed by atoms with E-state index >= 15 is 0 Å². The van der Waals surface area contributed by atoms with Crippen LogP contribution < -0.4 is 10.6 Å². The normalized spacial score (nSPS) is 11.5. The van der Waals surface area contributed by atoms with Crippen molar-refractivity contribution in [2.75, 3.05) is 11.9 Å². The van der Waals surface area contributed by atoms with E-state index in [0.717, 1.165) is 10.0 Å². The van der Waals surface area contributed by atoms with E-state index in [0.29, 0.717) is 11.3 Å². The van der Waals surface area contributed by atoms with Crippen molar-refractivity contribution in [3.63, 3.8) is 0 Å². The molecule has 5 nitrogen and oxygen atoms in total. The first-order valence-electron chi connectivity index (χ1n) is 7.60. The molecule has 2 amide bonds. The van der Waals surface area contributed by atoms with Gasteiger partial charge in [0.2, 0.25) is 0 Å². The standard InChI is InChI=1S/C18H19BrN2O3/c1-3-24-18(23)21-14-8-6-7-13(11-14)17(22)20-12(2)15-9-4-5-10-16(15)19/h4-12H,3H2,1-2H3,(H,20,22)(H,21,23)/t12-/m1/s1. The van der Waals surface area contributed by atoms with Crippen LogP contribution in [0.3, 0.4) is 0 Å². The van der Waals surface area contributed by atoms with Crippen LogP contribution in [-0.4, -0.2) is 18.6 Å². The molecule has 0 heterocycles. The number of amides is 2. The fourth-order valence-corrected chi connectivity index (χ4v) is 2.84. The minimum atomic E-state index is -0.545. The Labute approximate surface area is 149 Å². The molecule has 2 N–H and O–H groups in total. The van der Waals surface area contributed by atoms with Crippen molar-refractivity contribution in [3.05, 3.63) is 64.1 Å².